The molecule has 2 heterocycles. The number of rotatable bonds is 3. The van der Waals surface area contributed by atoms with E-state index in [2.05, 4.69) is 0 Å². The molecule has 1 aromatic heterocycles. The fraction of sp³-hybridized carbons (Fsp3) is 0.190. The first-order chi connectivity index (χ1) is 14.8. The summed E-state index contributed by atoms with van der Waals surface area (Å²) in [5.41, 5.74) is -0.272. The van der Waals surface area contributed by atoms with Crippen LogP contribution in [0.4, 0.5) is 27.6 Å². The van der Waals surface area contributed by atoms with Crippen molar-refractivity contribution < 1.29 is 31.2 Å². The standard InChI is InChI=1S/C21H14ClF5N2O2/c22-12-3-1-11(2-4-12)13-5-6-14(31-13)21(30)29-9-7-28(8-10-29)20-18(26)16(24)15(23)17(25)19(20)27/h1-6H,7-10H2. The van der Waals surface area contributed by atoms with E-state index in [0.717, 1.165) is 10.5 Å². The predicted octanol–water partition coefficient (Wildman–Crippen LogP) is 5.26. The fourth-order valence-corrected chi connectivity index (χ4v) is 3.51. The second-order valence-electron chi connectivity index (χ2n) is 6.87. The molecule has 31 heavy (non-hydrogen) atoms. The molecule has 1 aliphatic heterocycles. The Kier molecular flexibility index (Phi) is 5.62. The average molecular weight is 457 g/mol. The van der Waals surface area contributed by atoms with Crippen molar-refractivity contribution in [3.8, 4) is 11.3 Å². The van der Waals surface area contributed by atoms with Crippen LogP contribution in [0.25, 0.3) is 11.3 Å². The van der Waals surface area contributed by atoms with E-state index in [0.29, 0.717) is 10.8 Å². The minimum absolute atomic E-state index is 0.00923. The van der Waals surface area contributed by atoms with Gasteiger partial charge in [-0.25, -0.2) is 22.0 Å². The zero-order valence-corrected chi connectivity index (χ0v) is 16.5. The Morgan fingerprint density at radius 3 is 1.90 bits per heavy atom. The molecule has 10 heteroatoms. The Labute approximate surface area is 178 Å². The highest BCUT2D eigenvalue weighted by molar-refractivity contribution is 6.30. The molecule has 1 fully saturated rings. The molecule has 1 saturated heterocycles. The number of piperazine rings is 1. The van der Waals surface area contributed by atoms with Crippen LogP contribution in [-0.2, 0) is 0 Å². The van der Waals surface area contributed by atoms with Gasteiger partial charge in [0.05, 0.1) is 0 Å². The van der Waals surface area contributed by atoms with Crippen LogP contribution in [0.3, 0.4) is 0 Å². The summed E-state index contributed by atoms with van der Waals surface area (Å²) >= 11 is 5.85. The van der Waals surface area contributed by atoms with Gasteiger partial charge < -0.3 is 14.2 Å². The van der Waals surface area contributed by atoms with Crippen molar-refractivity contribution in [1.82, 2.24) is 4.90 Å². The first-order valence-corrected chi connectivity index (χ1v) is 9.57. The van der Waals surface area contributed by atoms with Crippen LogP contribution in [0, 0.1) is 29.1 Å². The van der Waals surface area contributed by atoms with Gasteiger partial charge >= 0.3 is 0 Å². The number of amides is 1. The first kappa shape index (κ1) is 21.2. The highest BCUT2D eigenvalue weighted by Crippen LogP contribution is 2.31. The summed E-state index contributed by atoms with van der Waals surface area (Å²) in [6, 6.07) is 9.96. The smallest absolute Gasteiger partial charge is 0.289 e. The van der Waals surface area contributed by atoms with E-state index in [1.165, 1.54) is 11.0 Å². The van der Waals surface area contributed by atoms with Crippen molar-refractivity contribution in [3.63, 3.8) is 0 Å². The van der Waals surface area contributed by atoms with Crippen LogP contribution >= 0.6 is 11.6 Å². The molecule has 1 amide bonds. The van der Waals surface area contributed by atoms with E-state index in [1.54, 1.807) is 30.3 Å². The van der Waals surface area contributed by atoms with Gasteiger partial charge in [-0.05, 0) is 36.4 Å². The summed E-state index contributed by atoms with van der Waals surface area (Å²) < 4.78 is 73.9. The molecule has 0 atom stereocenters. The number of carbonyl (C=O) groups excluding carboxylic acids is 1. The van der Waals surface area contributed by atoms with Gasteiger partial charge in [0.15, 0.2) is 29.0 Å². The molecular weight excluding hydrogens is 443 g/mol. The van der Waals surface area contributed by atoms with Crippen LogP contribution in [0.5, 0.6) is 0 Å². The van der Waals surface area contributed by atoms with Gasteiger partial charge in [-0.15, -0.1) is 0 Å². The quantitative estimate of drug-likeness (QED) is 0.306. The maximum absolute atomic E-state index is 14.0. The predicted molar refractivity (Wildman–Crippen MR) is 104 cm³/mol. The molecule has 0 unspecified atom stereocenters. The Balaban J connectivity index is 1.47. The second kappa shape index (κ2) is 8.22. The van der Waals surface area contributed by atoms with Gasteiger partial charge in [-0.2, -0.15) is 0 Å². The lowest BCUT2D eigenvalue weighted by molar-refractivity contribution is 0.0715. The monoisotopic (exact) mass is 456 g/mol. The van der Waals surface area contributed by atoms with Crippen molar-refractivity contribution in [2.75, 3.05) is 31.1 Å². The van der Waals surface area contributed by atoms with Gasteiger partial charge in [-0.1, -0.05) is 11.6 Å². The van der Waals surface area contributed by atoms with Crippen molar-refractivity contribution in [1.29, 1.82) is 0 Å². The molecule has 2 aromatic carbocycles. The van der Waals surface area contributed by atoms with E-state index in [1.807, 2.05) is 0 Å². The summed E-state index contributed by atoms with van der Waals surface area (Å²) in [7, 11) is 0. The van der Waals surface area contributed by atoms with Crippen LogP contribution < -0.4 is 4.90 Å². The number of furan rings is 1. The number of nitrogens with zero attached hydrogens (tertiary/aromatic N) is 2. The number of hydrogen-bond donors (Lipinski definition) is 0. The third-order valence-electron chi connectivity index (χ3n) is 5.02. The Morgan fingerprint density at radius 1 is 0.774 bits per heavy atom. The van der Waals surface area contributed by atoms with E-state index < -0.39 is 40.7 Å². The normalized spacial score (nSPS) is 14.3. The minimum atomic E-state index is -2.21. The van der Waals surface area contributed by atoms with Gasteiger partial charge in [0, 0.05) is 36.8 Å². The second-order valence-corrected chi connectivity index (χ2v) is 7.30. The highest BCUT2D eigenvalue weighted by atomic mass is 35.5. The Bertz CT molecular complexity index is 1110. The summed E-state index contributed by atoms with van der Waals surface area (Å²) in [6.07, 6.45) is 0. The minimum Gasteiger partial charge on any atom is -0.451 e. The third kappa shape index (κ3) is 3.85. The zero-order chi connectivity index (χ0) is 22.3. The number of anilines is 1. The van der Waals surface area contributed by atoms with E-state index in [4.69, 9.17) is 16.0 Å². The molecule has 0 bridgehead atoms. The molecule has 1 aliphatic rings. The maximum Gasteiger partial charge on any atom is 0.289 e. The van der Waals surface area contributed by atoms with E-state index in [9.17, 15) is 26.7 Å². The lowest BCUT2D eigenvalue weighted by atomic mass is 10.2. The van der Waals surface area contributed by atoms with Crippen LogP contribution in [0.15, 0.2) is 40.8 Å². The van der Waals surface area contributed by atoms with Crippen molar-refractivity contribution in [3.05, 3.63) is 76.3 Å². The molecule has 4 rings (SSSR count). The van der Waals surface area contributed by atoms with Crippen LogP contribution in [-0.4, -0.2) is 37.0 Å². The molecule has 0 radical (unpaired) electrons. The summed E-state index contributed by atoms with van der Waals surface area (Å²) in [4.78, 5) is 15.1. The third-order valence-corrected chi connectivity index (χ3v) is 5.27. The van der Waals surface area contributed by atoms with E-state index in [-0.39, 0.29) is 31.9 Å². The highest BCUT2D eigenvalue weighted by Gasteiger charge is 2.32. The maximum atomic E-state index is 14.0. The van der Waals surface area contributed by atoms with Crippen LogP contribution in [0.2, 0.25) is 5.02 Å². The van der Waals surface area contributed by atoms with Crippen molar-refractivity contribution in [2.45, 2.75) is 0 Å². The Hall–Kier alpha value is -3.07. The summed E-state index contributed by atoms with van der Waals surface area (Å²) in [6.45, 7) is -0.214. The van der Waals surface area contributed by atoms with E-state index >= 15 is 0 Å². The number of halogens is 6. The zero-order valence-electron chi connectivity index (χ0n) is 15.8. The van der Waals surface area contributed by atoms with Crippen molar-refractivity contribution in [2.24, 2.45) is 0 Å². The van der Waals surface area contributed by atoms with Gasteiger partial charge in [0.1, 0.15) is 11.4 Å². The molecule has 0 spiro atoms. The topological polar surface area (TPSA) is 36.7 Å². The number of carbonyl (C=O) groups is 1. The molecule has 0 aliphatic carbocycles. The number of benzene rings is 2. The van der Waals surface area contributed by atoms with Crippen LogP contribution in [0.1, 0.15) is 10.6 Å². The average Bonchev–Trinajstić information content (AvgIpc) is 3.27. The van der Waals surface area contributed by atoms with Crippen molar-refractivity contribution >= 4 is 23.2 Å². The summed E-state index contributed by atoms with van der Waals surface area (Å²) in [5, 5.41) is 0.554. The first-order valence-electron chi connectivity index (χ1n) is 9.19. The molecule has 0 saturated carbocycles. The van der Waals surface area contributed by atoms with Gasteiger partial charge in [0.25, 0.3) is 5.91 Å². The molecular formula is C21H14ClF5N2O2. The molecule has 3 aromatic rings. The SMILES string of the molecule is O=C(c1ccc(-c2ccc(Cl)cc2)o1)N1CCN(c2c(F)c(F)c(F)c(F)c2F)CC1. The number of hydrogen-bond acceptors (Lipinski definition) is 3. The lowest BCUT2D eigenvalue weighted by Crippen LogP contribution is -2.49. The lowest BCUT2D eigenvalue weighted by Gasteiger charge is -2.36. The summed E-state index contributed by atoms with van der Waals surface area (Å²) in [5.74, 6) is -9.92. The Morgan fingerprint density at radius 2 is 1.32 bits per heavy atom. The fourth-order valence-electron chi connectivity index (χ4n) is 3.38. The largest absolute Gasteiger partial charge is 0.451 e. The molecule has 4 nitrogen and oxygen atoms in total. The molecule has 0 N–H and O–H groups in total. The van der Waals surface area contributed by atoms with Gasteiger partial charge in [0.2, 0.25) is 5.82 Å². The molecule has 162 valence electrons. The van der Waals surface area contributed by atoms with Gasteiger partial charge in [-0.3, -0.25) is 4.79 Å².